The zero-order valence-electron chi connectivity index (χ0n) is 10.9. The number of ketones is 1. The molecule has 3 aromatic carbocycles. The smallest absolute Gasteiger partial charge is 0.197 e. The first-order valence-electron chi connectivity index (χ1n) is 6.35. The maximum atomic E-state index is 12.8. The largest absolute Gasteiger partial charge is 0.398 e. The number of hydrogen-bond acceptors (Lipinski definition) is 2. The third kappa shape index (κ3) is 2.43. The molecule has 4 heteroatoms. The van der Waals surface area contributed by atoms with Crippen LogP contribution in [0.5, 0.6) is 0 Å². The second kappa shape index (κ2) is 5.51. The Labute approximate surface area is 135 Å². The third-order valence-electron chi connectivity index (χ3n) is 3.39. The van der Waals surface area contributed by atoms with Crippen LogP contribution in [0.4, 0.5) is 5.69 Å². The van der Waals surface area contributed by atoms with Crippen molar-refractivity contribution in [1.29, 1.82) is 0 Å². The lowest BCUT2D eigenvalue weighted by Gasteiger charge is -2.10. The first-order chi connectivity index (χ1) is 10.1. The average molecular weight is 361 g/mol. The van der Waals surface area contributed by atoms with Gasteiger partial charge in [-0.1, -0.05) is 57.9 Å². The quantitative estimate of drug-likeness (QED) is 0.512. The van der Waals surface area contributed by atoms with Gasteiger partial charge in [-0.15, -0.1) is 0 Å². The molecule has 104 valence electrons. The summed E-state index contributed by atoms with van der Waals surface area (Å²) in [7, 11) is 0. The molecule has 0 heterocycles. The number of carbonyl (C=O) groups is 1. The Kier molecular flexibility index (Phi) is 3.70. The van der Waals surface area contributed by atoms with Crippen LogP contribution in [0, 0.1) is 0 Å². The third-order valence-corrected chi connectivity index (χ3v) is 4.39. The molecule has 21 heavy (non-hydrogen) atoms. The monoisotopic (exact) mass is 359 g/mol. The molecule has 3 aromatic rings. The predicted octanol–water partition coefficient (Wildman–Crippen LogP) is 5.07. The molecule has 0 bridgehead atoms. The van der Waals surface area contributed by atoms with Crippen molar-refractivity contribution in [3.05, 3.63) is 75.2 Å². The molecule has 0 fully saturated rings. The van der Waals surface area contributed by atoms with Gasteiger partial charge in [0.25, 0.3) is 0 Å². The molecule has 2 nitrogen and oxygen atoms in total. The molecular formula is C17H11BrClNO. The minimum atomic E-state index is -0.165. The number of hydrogen-bond donors (Lipinski definition) is 1. The number of nitrogen functional groups attached to an aromatic ring is 1. The molecule has 0 aliphatic heterocycles. The summed E-state index contributed by atoms with van der Waals surface area (Å²) < 4.78 is 0.946. The van der Waals surface area contributed by atoms with E-state index in [4.69, 9.17) is 17.3 Å². The van der Waals surface area contributed by atoms with Gasteiger partial charge in [0.05, 0.1) is 10.6 Å². The zero-order chi connectivity index (χ0) is 15.0. The van der Waals surface area contributed by atoms with Gasteiger partial charge in [0.15, 0.2) is 5.78 Å². The molecule has 0 aromatic heterocycles. The van der Waals surface area contributed by atoms with Crippen LogP contribution in [-0.4, -0.2) is 5.78 Å². The lowest BCUT2D eigenvalue weighted by molar-refractivity contribution is 0.104. The highest BCUT2D eigenvalue weighted by Crippen LogP contribution is 2.31. The summed E-state index contributed by atoms with van der Waals surface area (Å²) in [5.74, 6) is -0.165. The standard InChI is InChI=1S/C17H11BrClNO/c18-13-9-8-12(10-4-1-2-5-11(10)13)17(21)16-14(19)6-3-7-15(16)20/h1-9H,20H2. The van der Waals surface area contributed by atoms with Crippen molar-refractivity contribution in [1.82, 2.24) is 0 Å². The highest BCUT2D eigenvalue weighted by molar-refractivity contribution is 9.10. The van der Waals surface area contributed by atoms with Crippen molar-refractivity contribution in [3.8, 4) is 0 Å². The molecular weight excluding hydrogens is 350 g/mol. The van der Waals surface area contributed by atoms with E-state index in [1.54, 1.807) is 24.3 Å². The Morgan fingerprint density at radius 2 is 1.67 bits per heavy atom. The molecule has 0 unspecified atom stereocenters. The van der Waals surface area contributed by atoms with Gasteiger partial charge in [-0.2, -0.15) is 0 Å². The van der Waals surface area contributed by atoms with Crippen LogP contribution >= 0.6 is 27.5 Å². The lowest BCUT2D eigenvalue weighted by Crippen LogP contribution is -2.07. The minimum absolute atomic E-state index is 0.165. The second-order valence-electron chi connectivity index (χ2n) is 4.67. The number of benzene rings is 3. The Morgan fingerprint density at radius 3 is 2.38 bits per heavy atom. The first-order valence-corrected chi connectivity index (χ1v) is 7.52. The van der Waals surface area contributed by atoms with Gasteiger partial charge in [0.1, 0.15) is 0 Å². The fourth-order valence-corrected chi connectivity index (χ4v) is 3.12. The average Bonchev–Trinajstić information content (AvgIpc) is 2.47. The van der Waals surface area contributed by atoms with E-state index in [1.165, 1.54) is 0 Å². The maximum Gasteiger partial charge on any atom is 0.197 e. The summed E-state index contributed by atoms with van der Waals surface area (Å²) in [5, 5.41) is 2.22. The number of nitrogens with two attached hydrogens (primary N) is 1. The highest BCUT2D eigenvalue weighted by Gasteiger charge is 2.18. The lowest BCUT2D eigenvalue weighted by atomic mass is 9.96. The molecule has 0 radical (unpaired) electrons. The van der Waals surface area contributed by atoms with E-state index < -0.39 is 0 Å². The number of rotatable bonds is 2. The summed E-state index contributed by atoms with van der Waals surface area (Å²) in [6, 6.07) is 16.5. The van der Waals surface area contributed by atoms with Gasteiger partial charge in [0, 0.05) is 15.7 Å². The van der Waals surface area contributed by atoms with Crippen LogP contribution in [0.1, 0.15) is 15.9 Å². The molecule has 0 aliphatic carbocycles. The van der Waals surface area contributed by atoms with E-state index in [-0.39, 0.29) is 5.78 Å². The predicted molar refractivity (Wildman–Crippen MR) is 90.9 cm³/mol. The zero-order valence-corrected chi connectivity index (χ0v) is 13.3. The van der Waals surface area contributed by atoms with Crippen LogP contribution in [0.3, 0.4) is 0 Å². The summed E-state index contributed by atoms with van der Waals surface area (Å²) in [6.45, 7) is 0. The number of anilines is 1. The van der Waals surface area contributed by atoms with Crippen molar-refractivity contribution < 1.29 is 4.79 Å². The Hall–Kier alpha value is -1.84. The number of halogens is 2. The molecule has 0 atom stereocenters. The van der Waals surface area contributed by atoms with E-state index in [2.05, 4.69) is 15.9 Å². The van der Waals surface area contributed by atoms with Gasteiger partial charge in [-0.3, -0.25) is 4.79 Å². The minimum Gasteiger partial charge on any atom is -0.398 e. The normalized spacial score (nSPS) is 10.8. The topological polar surface area (TPSA) is 43.1 Å². The molecule has 2 N–H and O–H groups in total. The SMILES string of the molecule is Nc1cccc(Cl)c1C(=O)c1ccc(Br)c2ccccc12. The van der Waals surface area contributed by atoms with Crippen molar-refractivity contribution in [3.63, 3.8) is 0 Å². The van der Waals surface area contributed by atoms with Crippen LogP contribution in [0.15, 0.2) is 59.1 Å². The van der Waals surface area contributed by atoms with Crippen molar-refractivity contribution >= 4 is 49.8 Å². The molecule has 0 spiro atoms. The van der Waals surface area contributed by atoms with Crippen LogP contribution in [0.2, 0.25) is 5.02 Å². The fraction of sp³-hybridized carbons (Fsp3) is 0. The summed E-state index contributed by atoms with van der Waals surface area (Å²) >= 11 is 9.65. The molecule has 0 amide bonds. The maximum absolute atomic E-state index is 12.8. The fourth-order valence-electron chi connectivity index (χ4n) is 2.38. The van der Waals surface area contributed by atoms with E-state index in [0.717, 1.165) is 15.2 Å². The Bertz CT molecular complexity index is 840. The van der Waals surface area contributed by atoms with E-state index in [1.807, 2.05) is 30.3 Å². The van der Waals surface area contributed by atoms with Crippen LogP contribution in [0.25, 0.3) is 10.8 Å². The summed E-state index contributed by atoms with van der Waals surface area (Å²) in [5.41, 5.74) is 7.25. The van der Waals surface area contributed by atoms with Crippen molar-refractivity contribution in [2.24, 2.45) is 0 Å². The second-order valence-corrected chi connectivity index (χ2v) is 5.94. The highest BCUT2D eigenvalue weighted by atomic mass is 79.9. The Balaban J connectivity index is 2.26. The van der Waals surface area contributed by atoms with Crippen molar-refractivity contribution in [2.45, 2.75) is 0 Å². The van der Waals surface area contributed by atoms with Crippen LogP contribution < -0.4 is 5.73 Å². The molecule has 0 saturated carbocycles. The number of carbonyl (C=O) groups excluding carboxylic acids is 1. The summed E-state index contributed by atoms with van der Waals surface area (Å²) in [4.78, 5) is 12.8. The van der Waals surface area contributed by atoms with E-state index in [9.17, 15) is 4.79 Å². The van der Waals surface area contributed by atoms with Gasteiger partial charge in [-0.25, -0.2) is 0 Å². The summed E-state index contributed by atoms with van der Waals surface area (Å²) in [6.07, 6.45) is 0. The molecule has 0 saturated heterocycles. The Morgan fingerprint density at radius 1 is 0.952 bits per heavy atom. The van der Waals surface area contributed by atoms with Gasteiger partial charge in [-0.05, 0) is 35.0 Å². The molecule has 0 aliphatic rings. The first kappa shape index (κ1) is 14.1. The molecule has 3 rings (SSSR count). The van der Waals surface area contributed by atoms with Crippen LogP contribution in [-0.2, 0) is 0 Å². The van der Waals surface area contributed by atoms with Gasteiger partial charge in [0.2, 0.25) is 0 Å². The van der Waals surface area contributed by atoms with E-state index in [0.29, 0.717) is 21.8 Å². The van der Waals surface area contributed by atoms with Gasteiger partial charge >= 0.3 is 0 Å². The van der Waals surface area contributed by atoms with Crippen molar-refractivity contribution in [2.75, 3.05) is 5.73 Å². The van der Waals surface area contributed by atoms with E-state index >= 15 is 0 Å². The number of fused-ring (bicyclic) bond motifs is 1. The van der Waals surface area contributed by atoms with Gasteiger partial charge < -0.3 is 5.73 Å².